The first-order chi connectivity index (χ1) is 6.77. The van der Waals surface area contributed by atoms with E-state index >= 15 is 0 Å². The maximum absolute atomic E-state index is 9.19. The fourth-order valence-corrected chi connectivity index (χ4v) is 1.54. The predicted molar refractivity (Wildman–Crippen MR) is 57.3 cm³/mol. The minimum atomic E-state index is 0.156. The molecule has 0 aliphatic carbocycles. The summed E-state index contributed by atoms with van der Waals surface area (Å²) >= 11 is 0. The van der Waals surface area contributed by atoms with Gasteiger partial charge in [-0.15, -0.1) is 0 Å². The van der Waals surface area contributed by atoms with Crippen molar-refractivity contribution in [2.75, 3.05) is 13.2 Å². The molecular weight excluding hydrogens is 176 g/mol. The predicted octanol–water partition coefficient (Wildman–Crippen LogP) is 1.84. The molecule has 0 amide bonds. The Labute approximate surface area is 85.2 Å². The largest absolute Gasteiger partial charge is 0.396 e. The third-order valence-corrected chi connectivity index (χ3v) is 2.48. The first kappa shape index (κ1) is 11.2. The highest BCUT2D eigenvalue weighted by Gasteiger charge is 2.09. The summed E-state index contributed by atoms with van der Waals surface area (Å²) in [4.78, 5) is 0. The number of aliphatic hydroxyl groups excluding tert-OH is 2. The van der Waals surface area contributed by atoms with E-state index in [0.717, 1.165) is 18.4 Å². The fourth-order valence-electron chi connectivity index (χ4n) is 1.54. The Balaban J connectivity index is 2.64. The third kappa shape index (κ3) is 3.13. The molecule has 1 aromatic rings. The maximum atomic E-state index is 9.19. The van der Waals surface area contributed by atoms with Gasteiger partial charge >= 0.3 is 0 Å². The number of hydrogen-bond donors (Lipinski definition) is 2. The lowest BCUT2D eigenvalue weighted by molar-refractivity contribution is 0.237. The van der Waals surface area contributed by atoms with E-state index < -0.39 is 0 Å². The van der Waals surface area contributed by atoms with Crippen LogP contribution in [-0.2, 0) is 0 Å². The Hall–Kier alpha value is -0.860. The second-order valence-corrected chi connectivity index (χ2v) is 3.66. The molecule has 14 heavy (non-hydrogen) atoms. The summed E-state index contributed by atoms with van der Waals surface area (Å²) in [5.74, 6) is 0.169. The average molecular weight is 194 g/mol. The molecule has 1 rings (SSSR count). The summed E-state index contributed by atoms with van der Waals surface area (Å²) in [7, 11) is 0. The van der Waals surface area contributed by atoms with Gasteiger partial charge in [0.15, 0.2) is 0 Å². The van der Waals surface area contributed by atoms with Crippen LogP contribution in [-0.4, -0.2) is 23.4 Å². The highest BCUT2D eigenvalue weighted by Crippen LogP contribution is 2.20. The van der Waals surface area contributed by atoms with Crippen LogP contribution in [0, 0.1) is 6.92 Å². The fraction of sp³-hybridized carbons (Fsp3) is 0.500. The van der Waals surface area contributed by atoms with Gasteiger partial charge in [-0.05, 0) is 25.3 Å². The van der Waals surface area contributed by atoms with Crippen LogP contribution in [0.1, 0.15) is 29.9 Å². The molecular formula is C12H18O2. The van der Waals surface area contributed by atoms with Gasteiger partial charge in [-0.2, -0.15) is 0 Å². The molecule has 0 saturated carbocycles. The summed E-state index contributed by atoms with van der Waals surface area (Å²) in [6.07, 6.45) is 1.59. The van der Waals surface area contributed by atoms with Gasteiger partial charge in [0.05, 0.1) is 0 Å². The SMILES string of the molecule is Cc1ccc([C@H](CO)CCCO)cc1. The third-order valence-electron chi connectivity index (χ3n) is 2.48. The average Bonchev–Trinajstić information content (AvgIpc) is 2.21. The summed E-state index contributed by atoms with van der Waals surface area (Å²) in [5.41, 5.74) is 2.39. The minimum Gasteiger partial charge on any atom is -0.396 e. The molecule has 0 aliphatic heterocycles. The Kier molecular flexibility index (Phi) is 4.63. The van der Waals surface area contributed by atoms with Gasteiger partial charge in [0.25, 0.3) is 0 Å². The van der Waals surface area contributed by atoms with Crippen molar-refractivity contribution in [3.63, 3.8) is 0 Å². The van der Waals surface area contributed by atoms with Gasteiger partial charge in [-0.3, -0.25) is 0 Å². The molecule has 1 aromatic carbocycles. The monoisotopic (exact) mass is 194 g/mol. The first-order valence-electron chi connectivity index (χ1n) is 5.06. The van der Waals surface area contributed by atoms with Crippen LogP contribution in [0.15, 0.2) is 24.3 Å². The lowest BCUT2D eigenvalue weighted by Gasteiger charge is -2.13. The van der Waals surface area contributed by atoms with Gasteiger partial charge in [0.1, 0.15) is 0 Å². The number of benzene rings is 1. The molecule has 0 radical (unpaired) electrons. The molecule has 0 spiro atoms. The smallest absolute Gasteiger partial charge is 0.0499 e. The quantitative estimate of drug-likeness (QED) is 0.751. The van der Waals surface area contributed by atoms with E-state index in [-0.39, 0.29) is 19.1 Å². The van der Waals surface area contributed by atoms with Crippen molar-refractivity contribution >= 4 is 0 Å². The topological polar surface area (TPSA) is 40.5 Å². The Morgan fingerprint density at radius 3 is 2.29 bits per heavy atom. The van der Waals surface area contributed by atoms with E-state index in [2.05, 4.69) is 12.1 Å². The van der Waals surface area contributed by atoms with Gasteiger partial charge in [0, 0.05) is 19.1 Å². The molecule has 0 aromatic heterocycles. The van der Waals surface area contributed by atoms with Crippen molar-refractivity contribution in [3.05, 3.63) is 35.4 Å². The van der Waals surface area contributed by atoms with E-state index in [0.29, 0.717) is 0 Å². The van der Waals surface area contributed by atoms with Crippen LogP contribution in [0.2, 0.25) is 0 Å². The maximum Gasteiger partial charge on any atom is 0.0499 e. The molecule has 0 bridgehead atoms. The first-order valence-corrected chi connectivity index (χ1v) is 5.06. The van der Waals surface area contributed by atoms with Crippen LogP contribution < -0.4 is 0 Å². The summed E-state index contributed by atoms with van der Waals surface area (Å²) in [5, 5.41) is 17.9. The van der Waals surface area contributed by atoms with Crippen LogP contribution in [0.25, 0.3) is 0 Å². The van der Waals surface area contributed by atoms with E-state index in [9.17, 15) is 5.11 Å². The zero-order valence-corrected chi connectivity index (χ0v) is 8.61. The van der Waals surface area contributed by atoms with Crippen LogP contribution in [0.3, 0.4) is 0 Å². The van der Waals surface area contributed by atoms with Crippen molar-refractivity contribution in [1.82, 2.24) is 0 Å². The van der Waals surface area contributed by atoms with E-state index in [4.69, 9.17) is 5.11 Å². The van der Waals surface area contributed by atoms with Crippen LogP contribution in [0.4, 0.5) is 0 Å². The summed E-state index contributed by atoms with van der Waals surface area (Å²) in [6.45, 7) is 2.40. The zero-order chi connectivity index (χ0) is 10.4. The second-order valence-electron chi connectivity index (χ2n) is 3.66. The molecule has 2 heteroatoms. The van der Waals surface area contributed by atoms with Crippen LogP contribution in [0.5, 0.6) is 0 Å². The van der Waals surface area contributed by atoms with Gasteiger partial charge in [-0.1, -0.05) is 29.8 Å². The molecule has 0 aliphatic rings. The summed E-state index contributed by atoms with van der Waals surface area (Å²) in [6, 6.07) is 8.20. The van der Waals surface area contributed by atoms with Crippen molar-refractivity contribution in [2.24, 2.45) is 0 Å². The number of aryl methyl sites for hydroxylation is 1. The minimum absolute atomic E-state index is 0.156. The lowest BCUT2D eigenvalue weighted by atomic mass is 9.94. The molecule has 2 N–H and O–H groups in total. The van der Waals surface area contributed by atoms with Crippen LogP contribution >= 0.6 is 0 Å². The molecule has 0 unspecified atom stereocenters. The molecule has 1 atom stereocenters. The lowest BCUT2D eigenvalue weighted by Crippen LogP contribution is -2.05. The van der Waals surface area contributed by atoms with Crippen molar-refractivity contribution in [1.29, 1.82) is 0 Å². The number of rotatable bonds is 5. The number of aliphatic hydroxyl groups is 2. The van der Waals surface area contributed by atoms with Crippen molar-refractivity contribution in [3.8, 4) is 0 Å². The highest BCUT2D eigenvalue weighted by atomic mass is 16.3. The van der Waals surface area contributed by atoms with E-state index in [1.54, 1.807) is 0 Å². The standard InChI is InChI=1S/C12H18O2/c1-10-4-6-11(7-5-10)12(9-14)3-2-8-13/h4-7,12-14H,2-3,8-9H2,1H3/t12-/m0/s1. The number of hydrogen-bond acceptors (Lipinski definition) is 2. The second kappa shape index (κ2) is 5.78. The Bertz CT molecular complexity index is 254. The Morgan fingerprint density at radius 1 is 1.14 bits per heavy atom. The van der Waals surface area contributed by atoms with E-state index in [1.807, 2.05) is 19.1 Å². The molecule has 0 fully saturated rings. The van der Waals surface area contributed by atoms with Crippen molar-refractivity contribution < 1.29 is 10.2 Å². The Morgan fingerprint density at radius 2 is 1.79 bits per heavy atom. The molecule has 2 nitrogen and oxygen atoms in total. The van der Waals surface area contributed by atoms with Crippen molar-refractivity contribution in [2.45, 2.75) is 25.7 Å². The molecule has 78 valence electrons. The van der Waals surface area contributed by atoms with Gasteiger partial charge in [-0.25, -0.2) is 0 Å². The van der Waals surface area contributed by atoms with Gasteiger partial charge in [0.2, 0.25) is 0 Å². The summed E-state index contributed by atoms with van der Waals surface area (Å²) < 4.78 is 0. The molecule has 0 heterocycles. The zero-order valence-electron chi connectivity index (χ0n) is 8.61. The van der Waals surface area contributed by atoms with Gasteiger partial charge < -0.3 is 10.2 Å². The van der Waals surface area contributed by atoms with E-state index in [1.165, 1.54) is 5.56 Å². The molecule has 0 saturated heterocycles. The normalized spacial score (nSPS) is 12.8. The highest BCUT2D eigenvalue weighted by molar-refractivity contribution is 5.24.